The predicted octanol–water partition coefficient (Wildman–Crippen LogP) is 2.03. The van der Waals surface area contributed by atoms with Gasteiger partial charge in [0.2, 0.25) is 0 Å². The number of carboxylic acid groups (broad SMARTS) is 1. The molecule has 0 radical (unpaired) electrons. The first-order valence-corrected chi connectivity index (χ1v) is 5.86. The summed E-state index contributed by atoms with van der Waals surface area (Å²) in [4.78, 5) is 22.7. The van der Waals surface area contributed by atoms with E-state index in [1.807, 2.05) is 0 Å². The van der Waals surface area contributed by atoms with Crippen LogP contribution >= 0.6 is 0 Å². The Morgan fingerprint density at radius 1 is 1.47 bits per heavy atom. The van der Waals surface area contributed by atoms with Crippen LogP contribution < -0.4 is 5.01 Å². The zero-order valence-corrected chi connectivity index (χ0v) is 10.3. The molecule has 1 aliphatic heterocycles. The quantitative estimate of drug-likeness (QED) is 0.904. The van der Waals surface area contributed by atoms with Gasteiger partial charge in [-0.1, -0.05) is 12.1 Å². The maximum Gasteiger partial charge on any atom is 0.303 e. The van der Waals surface area contributed by atoms with Crippen molar-refractivity contribution in [2.75, 3.05) is 5.01 Å². The van der Waals surface area contributed by atoms with Gasteiger partial charge in [0.15, 0.2) is 0 Å². The molecule has 0 spiro atoms. The van der Waals surface area contributed by atoms with E-state index in [1.165, 1.54) is 18.2 Å². The molecule has 1 heterocycles. The van der Waals surface area contributed by atoms with E-state index in [0.717, 1.165) is 5.01 Å². The Hall–Kier alpha value is -2.24. The van der Waals surface area contributed by atoms with Crippen LogP contribution in [0.5, 0.6) is 0 Å². The third-order valence-corrected chi connectivity index (χ3v) is 3.00. The number of halogens is 1. The lowest BCUT2D eigenvalue weighted by atomic mass is 9.98. The lowest BCUT2D eigenvalue weighted by Crippen LogP contribution is -2.28. The first-order chi connectivity index (χ1) is 9.00. The van der Waals surface area contributed by atoms with Crippen LogP contribution in [-0.4, -0.2) is 22.7 Å². The van der Waals surface area contributed by atoms with Crippen LogP contribution in [-0.2, 0) is 9.59 Å². The molecule has 0 fully saturated rings. The number of carbonyl (C=O) groups excluding carboxylic acids is 1. The summed E-state index contributed by atoms with van der Waals surface area (Å²) in [5.41, 5.74) is 0.596. The molecule has 5 nitrogen and oxygen atoms in total. The number of carbonyl (C=O) groups is 2. The predicted molar refractivity (Wildman–Crippen MR) is 67.4 cm³/mol. The molecule has 19 heavy (non-hydrogen) atoms. The van der Waals surface area contributed by atoms with Crippen molar-refractivity contribution >= 4 is 23.3 Å². The largest absolute Gasteiger partial charge is 0.481 e. The topological polar surface area (TPSA) is 70.0 Å². The number of rotatable bonds is 4. The lowest BCUT2D eigenvalue weighted by molar-refractivity contribution is -0.137. The van der Waals surface area contributed by atoms with Gasteiger partial charge in [-0.25, -0.2) is 4.39 Å². The van der Waals surface area contributed by atoms with Crippen LogP contribution in [0.2, 0.25) is 0 Å². The van der Waals surface area contributed by atoms with Crippen molar-refractivity contribution in [2.24, 2.45) is 11.0 Å². The van der Waals surface area contributed by atoms with E-state index in [9.17, 15) is 14.0 Å². The van der Waals surface area contributed by atoms with E-state index in [2.05, 4.69) is 5.10 Å². The second-order valence-electron chi connectivity index (χ2n) is 4.33. The van der Waals surface area contributed by atoms with Gasteiger partial charge >= 0.3 is 5.97 Å². The van der Waals surface area contributed by atoms with Crippen LogP contribution in [0.4, 0.5) is 10.1 Å². The molecular formula is C13H13FN2O3. The van der Waals surface area contributed by atoms with Gasteiger partial charge in [0.25, 0.3) is 5.91 Å². The van der Waals surface area contributed by atoms with Gasteiger partial charge in [0.05, 0.1) is 5.92 Å². The molecular weight excluding hydrogens is 251 g/mol. The number of para-hydroxylation sites is 1. The maximum atomic E-state index is 13.6. The summed E-state index contributed by atoms with van der Waals surface area (Å²) in [6.07, 6.45) is 0.0584. The highest BCUT2D eigenvalue weighted by Crippen LogP contribution is 2.28. The molecule has 1 amide bonds. The Labute approximate surface area is 109 Å². The molecule has 1 unspecified atom stereocenters. The van der Waals surface area contributed by atoms with E-state index < -0.39 is 17.7 Å². The Morgan fingerprint density at radius 3 is 2.79 bits per heavy atom. The van der Waals surface area contributed by atoms with E-state index in [0.29, 0.717) is 5.71 Å². The molecule has 0 aromatic heterocycles. The molecule has 0 saturated carbocycles. The summed E-state index contributed by atoms with van der Waals surface area (Å²) in [6, 6.07) is 5.85. The number of hydrogen-bond acceptors (Lipinski definition) is 3. The molecule has 1 atom stereocenters. The molecule has 1 N–H and O–H groups in total. The minimum absolute atomic E-state index is 0.0877. The number of hydrogen-bond donors (Lipinski definition) is 1. The zero-order chi connectivity index (χ0) is 14.0. The fourth-order valence-corrected chi connectivity index (χ4v) is 2.00. The van der Waals surface area contributed by atoms with Crippen LogP contribution in [0.3, 0.4) is 0 Å². The molecule has 100 valence electrons. The number of hydrazone groups is 1. The van der Waals surface area contributed by atoms with Gasteiger partial charge in [-0.15, -0.1) is 0 Å². The normalized spacial score (nSPS) is 18.6. The smallest absolute Gasteiger partial charge is 0.303 e. The number of aliphatic carboxylic acids is 1. The van der Waals surface area contributed by atoms with Crippen LogP contribution in [0.25, 0.3) is 0 Å². The van der Waals surface area contributed by atoms with Crippen molar-refractivity contribution in [2.45, 2.75) is 19.8 Å². The summed E-state index contributed by atoms with van der Waals surface area (Å²) < 4.78 is 13.6. The first-order valence-electron chi connectivity index (χ1n) is 5.86. The Morgan fingerprint density at radius 2 is 2.16 bits per heavy atom. The second-order valence-corrected chi connectivity index (χ2v) is 4.33. The molecule has 0 aliphatic carbocycles. The third-order valence-electron chi connectivity index (χ3n) is 3.00. The molecule has 0 bridgehead atoms. The molecule has 1 aliphatic rings. The van der Waals surface area contributed by atoms with Crippen LogP contribution in [0, 0.1) is 11.7 Å². The van der Waals surface area contributed by atoms with E-state index in [1.54, 1.807) is 13.0 Å². The summed E-state index contributed by atoms with van der Waals surface area (Å²) in [7, 11) is 0. The summed E-state index contributed by atoms with van der Waals surface area (Å²) in [6.45, 7) is 1.64. The fourth-order valence-electron chi connectivity index (χ4n) is 2.00. The number of amides is 1. The SMILES string of the molecule is CC1=NN(c2ccccc2F)C(=O)C1CCC(=O)O. The van der Waals surface area contributed by atoms with Crippen molar-refractivity contribution in [3.8, 4) is 0 Å². The summed E-state index contributed by atoms with van der Waals surface area (Å²) in [5.74, 6) is -2.48. The van der Waals surface area contributed by atoms with Crippen molar-refractivity contribution in [3.05, 3.63) is 30.1 Å². The summed E-state index contributed by atoms with van der Waals surface area (Å²) in [5, 5.41) is 13.7. The Balaban J connectivity index is 2.21. The maximum absolute atomic E-state index is 13.6. The van der Waals surface area contributed by atoms with E-state index in [4.69, 9.17) is 5.11 Å². The van der Waals surface area contributed by atoms with E-state index >= 15 is 0 Å². The molecule has 1 aromatic carbocycles. The third kappa shape index (κ3) is 2.62. The van der Waals surface area contributed by atoms with Gasteiger partial charge in [0, 0.05) is 12.1 Å². The molecule has 1 aromatic rings. The number of nitrogens with zero attached hydrogens (tertiary/aromatic N) is 2. The lowest BCUT2D eigenvalue weighted by Gasteiger charge is -2.14. The first kappa shape index (κ1) is 13.2. The van der Waals surface area contributed by atoms with Crippen LogP contribution in [0.15, 0.2) is 29.4 Å². The van der Waals surface area contributed by atoms with Crippen molar-refractivity contribution < 1.29 is 19.1 Å². The number of carboxylic acids is 1. The highest BCUT2D eigenvalue weighted by molar-refractivity contribution is 6.14. The average molecular weight is 264 g/mol. The van der Waals surface area contributed by atoms with Gasteiger partial charge in [0.1, 0.15) is 11.5 Å². The standard InChI is InChI=1S/C13H13FN2O3/c1-8-9(6-7-12(17)18)13(19)16(15-8)11-5-3-2-4-10(11)14/h2-5,9H,6-7H2,1H3,(H,17,18). The molecule has 0 saturated heterocycles. The van der Waals surface area contributed by atoms with Crippen molar-refractivity contribution in [3.63, 3.8) is 0 Å². The zero-order valence-electron chi connectivity index (χ0n) is 10.3. The van der Waals surface area contributed by atoms with E-state index in [-0.39, 0.29) is 24.4 Å². The van der Waals surface area contributed by atoms with Gasteiger partial charge in [-0.05, 0) is 25.5 Å². The fraction of sp³-hybridized carbons (Fsp3) is 0.308. The monoisotopic (exact) mass is 264 g/mol. The van der Waals surface area contributed by atoms with Crippen LogP contribution in [0.1, 0.15) is 19.8 Å². The molecule has 6 heteroatoms. The highest BCUT2D eigenvalue weighted by atomic mass is 19.1. The minimum Gasteiger partial charge on any atom is -0.481 e. The second kappa shape index (κ2) is 5.17. The van der Waals surface area contributed by atoms with Gasteiger partial charge in [-0.3, -0.25) is 9.59 Å². The van der Waals surface area contributed by atoms with Crippen molar-refractivity contribution in [1.29, 1.82) is 0 Å². The average Bonchev–Trinajstić information content (AvgIpc) is 2.63. The number of benzene rings is 1. The minimum atomic E-state index is -0.968. The Bertz CT molecular complexity index is 557. The summed E-state index contributed by atoms with van der Waals surface area (Å²) >= 11 is 0. The van der Waals surface area contributed by atoms with Crippen molar-refractivity contribution in [1.82, 2.24) is 0 Å². The molecule has 2 rings (SSSR count). The highest BCUT2D eigenvalue weighted by Gasteiger charge is 2.35. The number of anilines is 1. The van der Waals surface area contributed by atoms with Gasteiger partial charge in [-0.2, -0.15) is 10.1 Å². The Kier molecular flexibility index (Phi) is 3.59. The van der Waals surface area contributed by atoms with Gasteiger partial charge < -0.3 is 5.11 Å².